The Labute approximate surface area is 154 Å². The molecule has 4 rings (SSSR count). The van der Waals surface area contributed by atoms with Gasteiger partial charge in [0.05, 0.1) is 29.4 Å². The number of ether oxygens (including phenoxy) is 1. The third-order valence-corrected chi connectivity index (χ3v) is 4.43. The summed E-state index contributed by atoms with van der Waals surface area (Å²) >= 11 is 0. The molecule has 0 aliphatic carbocycles. The fourth-order valence-electron chi connectivity index (χ4n) is 3.15. The average Bonchev–Trinajstić information content (AvgIpc) is 3.12. The molecule has 8 nitrogen and oxygen atoms in total. The number of nitrogens with zero attached hydrogens (tertiary/aromatic N) is 5. The number of hydrogen-bond acceptors (Lipinski definition) is 6. The molecule has 0 aliphatic rings. The third-order valence-electron chi connectivity index (χ3n) is 4.43. The van der Waals surface area contributed by atoms with Gasteiger partial charge in [-0.15, -0.1) is 0 Å². The molecule has 0 spiro atoms. The van der Waals surface area contributed by atoms with Crippen LogP contribution < -0.4 is 5.56 Å². The molecule has 0 radical (unpaired) electrons. The lowest BCUT2D eigenvalue weighted by Crippen LogP contribution is -2.29. The maximum Gasteiger partial charge on any atom is 0.327 e. The molecule has 0 saturated carbocycles. The Kier molecular flexibility index (Phi) is 3.95. The van der Waals surface area contributed by atoms with Crippen molar-refractivity contribution in [2.75, 3.05) is 7.11 Å². The summed E-state index contributed by atoms with van der Waals surface area (Å²) in [7, 11) is 1.27. The van der Waals surface area contributed by atoms with Crippen LogP contribution in [0.4, 0.5) is 0 Å². The third kappa shape index (κ3) is 2.75. The second-order valence-electron chi connectivity index (χ2n) is 6.20. The monoisotopic (exact) mass is 363 g/mol. The van der Waals surface area contributed by atoms with E-state index in [4.69, 9.17) is 0 Å². The summed E-state index contributed by atoms with van der Waals surface area (Å²) in [5.74, 6) is 0.0314. The first-order valence-electron chi connectivity index (χ1n) is 8.39. The van der Waals surface area contributed by atoms with E-state index in [-0.39, 0.29) is 12.1 Å². The van der Waals surface area contributed by atoms with Gasteiger partial charge in [0.2, 0.25) is 0 Å². The standard InChI is InChI=1S/C19H17N5O3/c1-11-17-15-9-14(13-7-5-4-6-8-13)22-24(15)12(2)20-18(17)19(26)23(21-11)10-16(25)27-3/h4-9H,10H2,1-3H3. The minimum absolute atomic E-state index is 0.257. The zero-order chi connectivity index (χ0) is 19.1. The number of carbonyl (C=O) groups excluding carboxylic acids is 1. The molecule has 0 unspecified atom stereocenters. The van der Waals surface area contributed by atoms with Crippen molar-refractivity contribution < 1.29 is 9.53 Å². The van der Waals surface area contributed by atoms with Crippen molar-refractivity contribution in [1.82, 2.24) is 24.4 Å². The molecule has 136 valence electrons. The zero-order valence-electron chi connectivity index (χ0n) is 15.1. The number of methoxy groups -OCH3 is 1. The van der Waals surface area contributed by atoms with Gasteiger partial charge < -0.3 is 4.74 Å². The fourth-order valence-corrected chi connectivity index (χ4v) is 3.15. The summed E-state index contributed by atoms with van der Waals surface area (Å²) in [6.07, 6.45) is 0. The topological polar surface area (TPSA) is 91.4 Å². The second kappa shape index (κ2) is 6.31. The maximum atomic E-state index is 12.8. The van der Waals surface area contributed by atoms with Gasteiger partial charge in [-0.2, -0.15) is 10.2 Å². The van der Waals surface area contributed by atoms with Gasteiger partial charge in [0.15, 0.2) is 0 Å². The Morgan fingerprint density at radius 1 is 1.15 bits per heavy atom. The summed E-state index contributed by atoms with van der Waals surface area (Å²) < 4.78 is 7.43. The smallest absolute Gasteiger partial charge is 0.327 e. The molecule has 0 bridgehead atoms. The molecule has 0 saturated heterocycles. The summed E-state index contributed by atoms with van der Waals surface area (Å²) in [6, 6.07) is 11.7. The van der Waals surface area contributed by atoms with Crippen LogP contribution in [0.15, 0.2) is 41.2 Å². The second-order valence-corrected chi connectivity index (χ2v) is 6.20. The maximum absolute atomic E-state index is 12.8. The highest BCUT2D eigenvalue weighted by Crippen LogP contribution is 2.25. The number of rotatable bonds is 3. The highest BCUT2D eigenvalue weighted by atomic mass is 16.5. The first-order chi connectivity index (χ1) is 13.0. The van der Waals surface area contributed by atoms with Crippen LogP contribution in [0.3, 0.4) is 0 Å². The molecule has 8 heteroatoms. The largest absolute Gasteiger partial charge is 0.468 e. The van der Waals surface area contributed by atoms with E-state index in [1.807, 2.05) is 36.4 Å². The highest BCUT2D eigenvalue weighted by Gasteiger charge is 2.18. The van der Waals surface area contributed by atoms with E-state index in [9.17, 15) is 9.59 Å². The van der Waals surface area contributed by atoms with Crippen LogP contribution in [-0.2, 0) is 16.1 Å². The van der Waals surface area contributed by atoms with E-state index in [1.54, 1.807) is 18.4 Å². The van der Waals surface area contributed by atoms with Crippen molar-refractivity contribution in [3.63, 3.8) is 0 Å². The van der Waals surface area contributed by atoms with Crippen molar-refractivity contribution in [2.45, 2.75) is 20.4 Å². The van der Waals surface area contributed by atoms with Gasteiger partial charge in [0, 0.05) is 5.56 Å². The molecule has 0 N–H and O–H groups in total. The van der Waals surface area contributed by atoms with Crippen LogP contribution in [-0.4, -0.2) is 37.5 Å². The van der Waals surface area contributed by atoms with E-state index in [2.05, 4.69) is 19.9 Å². The number of fused-ring (bicyclic) bond motifs is 3. The van der Waals surface area contributed by atoms with Crippen molar-refractivity contribution in [3.05, 3.63) is 58.3 Å². The van der Waals surface area contributed by atoms with Gasteiger partial charge in [-0.3, -0.25) is 9.59 Å². The Hall–Kier alpha value is -3.55. The lowest BCUT2D eigenvalue weighted by Gasteiger charge is -2.09. The van der Waals surface area contributed by atoms with Gasteiger partial charge in [-0.1, -0.05) is 30.3 Å². The number of hydrogen-bond donors (Lipinski definition) is 0. The molecule has 3 aromatic heterocycles. The summed E-state index contributed by atoms with van der Waals surface area (Å²) in [5, 5.41) is 9.53. The van der Waals surface area contributed by atoms with E-state index in [1.165, 1.54) is 7.11 Å². The van der Waals surface area contributed by atoms with Gasteiger partial charge >= 0.3 is 5.97 Å². The van der Waals surface area contributed by atoms with Crippen molar-refractivity contribution in [1.29, 1.82) is 0 Å². The summed E-state index contributed by atoms with van der Waals surface area (Å²) in [4.78, 5) is 28.8. The average molecular weight is 363 g/mol. The molecule has 3 heterocycles. The van der Waals surface area contributed by atoms with Gasteiger partial charge in [-0.25, -0.2) is 14.2 Å². The highest BCUT2D eigenvalue weighted by molar-refractivity contribution is 5.96. The van der Waals surface area contributed by atoms with E-state index < -0.39 is 11.5 Å². The van der Waals surface area contributed by atoms with Crippen LogP contribution in [0.25, 0.3) is 27.7 Å². The first kappa shape index (κ1) is 16.9. The van der Waals surface area contributed by atoms with Crippen LogP contribution in [0, 0.1) is 13.8 Å². The quantitative estimate of drug-likeness (QED) is 0.516. The molecule has 0 fully saturated rings. The minimum Gasteiger partial charge on any atom is -0.468 e. The van der Waals surface area contributed by atoms with Crippen molar-refractivity contribution >= 4 is 22.4 Å². The number of carbonyl (C=O) groups is 1. The molecule has 0 aliphatic heterocycles. The molecular weight excluding hydrogens is 346 g/mol. The van der Waals surface area contributed by atoms with Gasteiger partial charge in [0.1, 0.15) is 17.9 Å². The molecule has 27 heavy (non-hydrogen) atoms. The Morgan fingerprint density at radius 3 is 2.59 bits per heavy atom. The molecular formula is C19H17N5O3. The number of aryl methyl sites for hydroxylation is 2. The molecule has 1 aromatic carbocycles. The first-order valence-corrected chi connectivity index (χ1v) is 8.39. The Morgan fingerprint density at radius 2 is 1.89 bits per heavy atom. The Balaban J connectivity index is 2.01. The van der Waals surface area contributed by atoms with Crippen LogP contribution in [0.5, 0.6) is 0 Å². The molecule has 4 aromatic rings. The van der Waals surface area contributed by atoms with Crippen molar-refractivity contribution in [3.8, 4) is 11.3 Å². The SMILES string of the molecule is COC(=O)Cn1nc(C)c2c(nc(C)n3nc(-c4ccccc4)cc23)c1=O. The van der Waals surface area contributed by atoms with Crippen molar-refractivity contribution in [2.24, 2.45) is 0 Å². The Bertz CT molecular complexity index is 1240. The van der Waals surface area contributed by atoms with Gasteiger partial charge in [-0.05, 0) is 19.9 Å². The predicted octanol–water partition coefficient (Wildman–Crippen LogP) is 1.90. The minimum atomic E-state index is -0.545. The number of aromatic nitrogens is 5. The number of benzene rings is 1. The molecule has 0 atom stereocenters. The fraction of sp³-hybridized carbons (Fsp3) is 0.211. The zero-order valence-corrected chi connectivity index (χ0v) is 15.1. The predicted molar refractivity (Wildman–Crippen MR) is 99.5 cm³/mol. The van der Waals surface area contributed by atoms with Gasteiger partial charge in [0.25, 0.3) is 5.56 Å². The number of esters is 1. The van der Waals surface area contributed by atoms with Crippen LogP contribution >= 0.6 is 0 Å². The lowest BCUT2D eigenvalue weighted by atomic mass is 10.1. The van der Waals surface area contributed by atoms with Crippen LogP contribution in [0.1, 0.15) is 11.5 Å². The summed E-state index contributed by atoms with van der Waals surface area (Å²) in [5.41, 5.74) is 2.92. The molecule has 0 amide bonds. The lowest BCUT2D eigenvalue weighted by molar-refractivity contribution is -0.141. The van der Waals surface area contributed by atoms with E-state index >= 15 is 0 Å². The van der Waals surface area contributed by atoms with Crippen LogP contribution in [0.2, 0.25) is 0 Å². The van der Waals surface area contributed by atoms with E-state index in [0.29, 0.717) is 16.9 Å². The van der Waals surface area contributed by atoms with E-state index in [0.717, 1.165) is 21.5 Å². The normalized spacial score (nSPS) is 11.2. The summed E-state index contributed by atoms with van der Waals surface area (Å²) in [6.45, 7) is 3.31.